The van der Waals surface area contributed by atoms with Crippen LogP contribution >= 0.6 is 0 Å². The van der Waals surface area contributed by atoms with Gasteiger partial charge in [0.25, 0.3) is 0 Å². The van der Waals surface area contributed by atoms with Crippen LogP contribution in [0.1, 0.15) is 37.8 Å². The standard InChI is InChI=1S/C15H19NO5.C14H17NO5/c1-10(8-13(17)18)14(19)16-12(15(20)21-2)9-11-6-4-3-5-7-11;1-9(13(17)18)7-12(16)15-11(14(19)20)8-10-5-3-2-4-6-10/h3-7,10,12H,8-9H2,1-2H3,(H,16,19)(H,17,18);2-6,9,11H,7-8H2,1H3,(H,15,16)(H,17,18)(H,19,20)/t10-,12-;9-,11-/m00/s1. The lowest BCUT2D eigenvalue weighted by Gasteiger charge is -2.18. The molecule has 0 radical (unpaired) electrons. The SMILES string of the molecule is COC(=O)[C@H](Cc1ccccc1)NC(=O)[C@@H](C)CC(=O)O.C[C@@H](CC(=O)N[C@@H](Cc1ccccc1)C(=O)O)C(=O)O. The van der Waals surface area contributed by atoms with Gasteiger partial charge in [-0.25, -0.2) is 9.59 Å². The summed E-state index contributed by atoms with van der Waals surface area (Å²) in [5, 5.41) is 31.4. The molecule has 2 aromatic rings. The largest absolute Gasteiger partial charge is 0.481 e. The van der Waals surface area contributed by atoms with E-state index in [1.807, 2.05) is 36.4 Å². The minimum absolute atomic E-state index is 0.156. The molecule has 222 valence electrons. The molecule has 0 aliphatic rings. The fourth-order valence-electron chi connectivity index (χ4n) is 3.52. The number of ether oxygens (including phenoxy) is 1. The third-order valence-corrected chi connectivity index (χ3v) is 5.84. The molecular formula is C29H36N2O10. The second-order valence-corrected chi connectivity index (χ2v) is 9.36. The van der Waals surface area contributed by atoms with Gasteiger partial charge in [-0.1, -0.05) is 74.5 Å². The maximum absolute atomic E-state index is 11.9. The summed E-state index contributed by atoms with van der Waals surface area (Å²) in [6.45, 7) is 2.90. The van der Waals surface area contributed by atoms with Gasteiger partial charge >= 0.3 is 23.9 Å². The number of rotatable bonds is 14. The van der Waals surface area contributed by atoms with Crippen molar-refractivity contribution < 1.29 is 48.8 Å². The molecule has 0 unspecified atom stereocenters. The highest BCUT2D eigenvalue weighted by molar-refractivity contribution is 5.88. The van der Waals surface area contributed by atoms with Crippen molar-refractivity contribution in [3.05, 3.63) is 71.8 Å². The van der Waals surface area contributed by atoms with Crippen LogP contribution in [0, 0.1) is 11.8 Å². The lowest BCUT2D eigenvalue weighted by atomic mass is 10.0. The molecule has 0 aromatic heterocycles. The van der Waals surface area contributed by atoms with E-state index in [9.17, 15) is 28.8 Å². The predicted molar refractivity (Wildman–Crippen MR) is 147 cm³/mol. The molecule has 0 saturated heterocycles. The molecule has 0 bridgehead atoms. The van der Waals surface area contributed by atoms with Gasteiger partial charge in [0.2, 0.25) is 11.8 Å². The number of hydrogen-bond acceptors (Lipinski definition) is 7. The highest BCUT2D eigenvalue weighted by Gasteiger charge is 2.26. The van der Waals surface area contributed by atoms with Crippen LogP contribution in [-0.2, 0) is 46.3 Å². The van der Waals surface area contributed by atoms with Gasteiger partial charge in [-0.3, -0.25) is 19.2 Å². The van der Waals surface area contributed by atoms with Gasteiger partial charge in [0.1, 0.15) is 12.1 Å². The molecule has 0 fully saturated rings. The molecule has 0 spiro atoms. The van der Waals surface area contributed by atoms with Crippen molar-refractivity contribution in [2.75, 3.05) is 7.11 Å². The molecule has 41 heavy (non-hydrogen) atoms. The first-order chi connectivity index (χ1) is 19.3. The highest BCUT2D eigenvalue weighted by atomic mass is 16.5. The molecule has 2 rings (SSSR count). The lowest BCUT2D eigenvalue weighted by Crippen LogP contribution is -2.45. The maximum Gasteiger partial charge on any atom is 0.328 e. The zero-order valence-corrected chi connectivity index (χ0v) is 23.1. The van der Waals surface area contributed by atoms with Crippen LogP contribution in [0.25, 0.3) is 0 Å². The normalized spacial score (nSPS) is 13.1. The summed E-state index contributed by atoms with van der Waals surface area (Å²) >= 11 is 0. The second-order valence-electron chi connectivity index (χ2n) is 9.36. The van der Waals surface area contributed by atoms with Gasteiger partial charge in [-0.05, 0) is 11.1 Å². The van der Waals surface area contributed by atoms with Crippen molar-refractivity contribution in [1.82, 2.24) is 10.6 Å². The van der Waals surface area contributed by atoms with Crippen molar-refractivity contribution in [3.8, 4) is 0 Å². The highest BCUT2D eigenvalue weighted by Crippen LogP contribution is 2.08. The van der Waals surface area contributed by atoms with E-state index in [2.05, 4.69) is 15.4 Å². The zero-order valence-electron chi connectivity index (χ0n) is 23.1. The Hall–Kier alpha value is -4.74. The third-order valence-electron chi connectivity index (χ3n) is 5.84. The summed E-state index contributed by atoms with van der Waals surface area (Å²) in [6, 6.07) is 16.2. The van der Waals surface area contributed by atoms with E-state index < -0.39 is 59.6 Å². The smallest absolute Gasteiger partial charge is 0.328 e. The summed E-state index contributed by atoms with van der Waals surface area (Å²) in [4.78, 5) is 67.7. The van der Waals surface area contributed by atoms with Gasteiger partial charge in [0, 0.05) is 25.2 Å². The Labute approximate surface area is 237 Å². The molecule has 12 nitrogen and oxygen atoms in total. The van der Waals surface area contributed by atoms with Gasteiger partial charge in [-0.15, -0.1) is 0 Å². The Balaban J connectivity index is 0.000000410. The first-order valence-corrected chi connectivity index (χ1v) is 12.8. The number of hydrogen-bond donors (Lipinski definition) is 5. The van der Waals surface area contributed by atoms with Crippen LogP contribution < -0.4 is 10.6 Å². The van der Waals surface area contributed by atoms with Crippen molar-refractivity contribution >= 4 is 35.7 Å². The molecule has 0 saturated carbocycles. The number of nitrogens with one attached hydrogen (secondary N) is 2. The first-order valence-electron chi connectivity index (χ1n) is 12.8. The second kappa shape index (κ2) is 17.8. The number of esters is 1. The number of carboxylic acid groups (broad SMARTS) is 3. The summed E-state index contributed by atoms with van der Waals surface area (Å²) in [5.74, 6) is -6.48. The van der Waals surface area contributed by atoms with Crippen LogP contribution in [-0.4, -0.2) is 70.2 Å². The monoisotopic (exact) mass is 572 g/mol. The van der Waals surface area contributed by atoms with Crippen molar-refractivity contribution in [1.29, 1.82) is 0 Å². The Morgan fingerprint density at radius 2 is 1.17 bits per heavy atom. The fourth-order valence-corrected chi connectivity index (χ4v) is 3.52. The van der Waals surface area contributed by atoms with E-state index >= 15 is 0 Å². The molecular weight excluding hydrogens is 536 g/mol. The Bertz CT molecular complexity index is 1170. The summed E-state index contributed by atoms with van der Waals surface area (Å²) in [7, 11) is 1.24. The van der Waals surface area contributed by atoms with E-state index in [1.54, 1.807) is 24.3 Å². The number of methoxy groups -OCH3 is 1. The number of carbonyl (C=O) groups is 6. The number of carboxylic acids is 3. The minimum atomic E-state index is -1.15. The summed E-state index contributed by atoms with van der Waals surface area (Å²) in [6.07, 6.45) is -0.0820. The van der Waals surface area contributed by atoms with Gasteiger partial charge in [0.15, 0.2) is 0 Å². The topological polar surface area (TPSA) is 196 Å². The maximum atomic E-state index is 11.9. The van der Waals surface area contributed by atoms with Crippen molar-refractivity contribution in [2.24, 2.45) is 11.8 Å². The van der Waals surface area contributed by atoms with E-state index in [1.165, 1.54) is 21.0 Å². The Morgan fingerprint density at radius 3 is 1.59 bits per heavy atom. The molecule has 5 N–H and O–H groups in total. The molecule has 2 amide bonds. The quantitative estimate of drug-likeness (QED) is 0.209. The number of carbonyl (C=O) groups excluding carboxylic acids is 3. The first kappa shape index (κ1) is 34.3. The molecule has 0 aliphatic carbocycles. The molecule has 2 aromatic carbocycles. The van der Waals surface area contributed by atoms with E-state index in [4.69, 9.17) is 15.3 Å². The Kier molecular flexibility index (Phi) is 14.9. The van der Waals surface area contributed by atoms with Crippen molar-refractivity contribution in [2.45, 2.75) is 51.6 Å². The summed E-state index contributed by atoms with van der Waals surface area (Å²) < 4.78 is 4.68. The summed E-state index contributed by atoms with van der Waals surface area (Å²) in [5.41, 5.74) is 1.66. The molecule has 0 aliphatic heterocycles. The van der Waals surface area contributed by atoms with Gasteiger partial charge < -0.3 is 30.7 Å². The van der Waals surface area contributed by atoms with Crippen LogP contribution in [0.5, 0.6) is 0 Å². The van der Waals surface area contributed by atoms with Crippen LogP contribution in [0.4, 0.5) is 0 Å². The Morgan fingerprint density at radius 1 is 0.683 bits per heavy atom. The third kappa shape index (κ3) is 13.8. The number of aliphatic carboxylic acids is 3. The van der Waals surface area contributed by atoms with Gasteiger partial charge in [0.05, 0.1) is 19.4 Å². The van der Waals surface area contributed by atoms with E-state index in [0.29, 0.717) is 6.42 Å². The minimum Gasteiger partial charge on any atom is -0.481 e. The average molecular weight is 573 g/mol. The average Bonchev–Trinajstić information content (AvgIpc) is 2.92. The zero-order chi connectivity index (χ0) is 30.9. The van der Waals surface area contributed by atoms with Crippen LogP contribution in [0.15, 0.2) is 60.7 Å². The molecule has 12 heteroatoms. The van der Waals surface area contributed by atoms with E-state index in [-0.39, 0.29) is 19.3 Å². The van der Waals surface area contributed by atoms with Gasteiger partial charge in [-0.2, -0.15) is 0 Å². The number of benzene rings is 2. The van der Waals surface area contributed by atoms with Crippen molar-refractivity contribution in [3.63, 3.8) is 0 Å². The van der Waals surface area contributed by atoms with E-state index in [0.717, 1.165) is 11.1 Å². The van der Waals surface area contributed by atoms with Crippen LogP contribution in [0.3, 0.4) is 0 Å². The number of amides is 2. The fraction of sp³-hybridized carbons (Fsp3) is 0.379. The molecule has 0 heterocycles. The lowest BCUT2D eigenvalue weighted by molar-refractivity contribution is -0.146. The predicted octanol–water partition coefficient (Wildman–Crippen LogP) is 1.91. The molecule has 4 atom stereocenters. The van der Waals surface area contributed by atoms with Crippen LogP contribution in [0.2, 0.25) is 0 Å².